The maximum atomic E-state index is 13.5. The third-order valence-electron chi connectivity index (χ3n) is 3.69. The number of rotatable bonds is 6. The number of furan rings is 1. The van der Waals surface area contributed by atoms with Gasteiger partial charge in [0.25, 0.3) is 5.91 Å². The lowest BCUT2D eigenvalue weighted by molar-refractivity contribution is 0.0732. The first-order chi connectivity index (χ1) is 11.7. The molecule has 1 aromatic carbocycles. The zero-order chi connectivity index (χ0) is 16.9. The summed E-state index contributed by atoms with van der Waals surface area (Å²) in [6.45, 7) is 2.98. The molecule has 0 aliphatic rings. The molecule has 0 fully saturated rings. The van der Waals surface area contributed by atoms with Crippen LogP contribution >= 0.6 is 0 Å². The van der Waals surface area contributed by atoms with Crippen LogP contribution in [0.4, 0.5) is 4.39 Å². The summed E-state index contributed by atoms with van der Waals surface area (Å²) < 4.78 is 18.8. The van der Waals surface area contributed by atoms with Gasteiger partial charge in [-0.1, -0.05) is 19.1 Å². The van der Waals surface area contributed by atoms with Gasteiger partial charge in [-0.25, -0.2) is 4.39 Å². The first kappa shape index (κ1) is 16.0. The molecule has 0 saturated heterocycles. The van der Waals surface area contributed by atoms with Gasteiger partial charge in [0.05, 0.1) is 30.3 Å². The number of nitrogens with one attached hydrogen (secondary N) is 1. The number of aromatic nitrogens is 2. The van der Waals surface area contributed by atoms with Crippen molar-refractivity contribution >= 4 is 5.91 Å². The van der Waals surface area contributed by atoms with Crippen molar-refractivity contribution < 1.29 is 13.6 Å². The molecule has 0 aliphatic carbocycles. The molecule has 2 aromatic heterocycles. The van der Waals surface area contributed by atoms with E-state index in [1.807, 2.05) is 13.0 Å². The Kier molecular flexibility index (Phi) is 4.74. The van der Waals surface area contributed by atoms with E-state index in [0.29, 0.717) is 35.7 Å². The van der Waals surface area contributed by atoms with Gasteiger partial charge in [-0.2, -0.15) is 5.10 Å². The minimum Gasteiger partial charge on any atom is -0.467 e. The molecular weight excluding hydrogens is 309 g/mol. The SMILES string of the molecule is CCCN(Cc1ccco1)C(=O)c1cn[nH]c1-c1cccc(F)c1. The number of hydrogen-bond donors (Lipinski definition) is 1. The van der Waals surface area contributed by atoms with Crippen molar-refractivity contribution in [3.63, 3.8) is 0 Å². The summed E-state index contributed by atoms with van der Waals surface area (Å²) >= 11 is 0. The van der Waals surface area contributed by atoms with Crippen LogP contribution in [-0.4, -0.2) is 27.5 Å². The fourth-order valence-electron chi connectivity index (χ4n) is 2.60. The Bertz CT molecular complexity index is 811. The monoisotopic (exact) mass is 327 g/mol. The fourth-order valence-corrected chi connectivity index (χ4v) is 2.60. The van der Waals surface area contributed by atoms with E-state index in [-0.39, 0.29) is 11.7 Å². The van der Waals surface area contributed by atoms with Crippen LogP contribution < -0.4 is 0 Å². The molecule has 0 atom stereocenters. The molecular formula is C18H18FN3O2. The van der Waals surface area contributed by atoms with Crippen LogP contribution in [0.5, 0.6) is 0 Å². The number of carbonyl (C=O) groups excluding carboxylic acids is 1. The normalized spacial score (nSPS) is 10.8. The summed E-state index contributed by atoms with van der Waals surface area (Å²) in [7, 11) is 0. The van der Waals surface area contributed by atoms with Crippen molar-refractivity contribution in [2.75, 3.05) is 6.54 Å². The Labute approximate surface area is 139 Å². The van der Waals surface area contributed by atoms with Crippen LogP contribution in [0.25, 0.3) is 11.3 Å². The van der Waals surface area contributed by atoms with Crippen molar-refractivity contribution in [3.8, 4) is 11.3 Å². The smallest absolute Gasteiger partial charge is 0.258 e. The average molecular weight is 327 g/mol. The highest BCUT2D eigenvalue weighted by Gasteiger charge is 2.22. The van der Waals surface area contributed by atoms with Gasteiger partial charge in [0.2, 0.25) is 0 Å². The maximum Gasteiger partial charge on any atom is 0.258 e. The minimum atomic E-state index is -0.360. The Morgan fingerprint density at radius 3 is 2.92 bits per heavy atom. The first-order valence-corrected chi connectivity index (χ1v) is 7.80. The number of H-pyrrole nitrogens is 1. The highest BCUT2D eigenvalue weighted by atomic mass is 19.1. The predicted octanol–water partition coefficient (Wildman–Crippen LogP) is 3.86. The van der Waals surface area contributed by atoms with Gasteiger partial charge in [0.1, 0.15) is 11.6 Å². The highest BCUT2D eigenvalue weighted by molar-refractivity contribution is 5.99. The van der Waals surface area contributed by atoms with E-state index in [4.69, 9.17) is 4.42 Å². The summed E-state index contributed by atoms with van der Waals surface area (Å²) in [6, 6.07) is 9.71. The van der Waals surface area contributed by atoms with Crippen LogP contribution in [0.2, 0.25) is 0 Å². The second kappa shape index (κ2) is 7.12. The van der Waals surface area contributed by atoms with Crippen molar-refractivity contribution in [1.29, 1.82) is 0 Å². The number of carbonyl (C=O) groups is 1. The van der Waals surface area contributed by atoms with Gasteiger partial charge < -0.3 is 9.32 Å². The second-order valence-corrected chi connectivity index (χ2v) is 5.48. The standard InChI is InChI=1S/C18H18FN3O2/c1-2-8-22(12-15-7-4-9-24-15)18(23)16-11-20-21-17(16)13-5-3-6-14(19)10-13/h3-7,9-11H,2,8,12H2,1H3,(H,20,21). The number of aromatic amines is 1. The molecule has 0 aliphatic heterocycles. The van der Waals surface area contributed by atoms with Crippen molar-refractivity contribution in [3.05, 3.63) is 66.0 Å². The molecule has 3 aromatic rings. The van der Waals surface area contributed by atoms with Gasteiger partial charge in [0, 0.05) is 12.1 Å². The van der Waals surface area contributed by atoms with Gasteiger partial charge in [0.15, 0.2) is 0 Å². The lowest BCUT2D eigenvalue weighted by Gasteiger charge is -2.21. The molecule has 1 N–H and O–H groups in total. The lowest BCUT2D eigenvalue weighted by atomic mass is 10.1. The molecule has 0 unspecified atom stereocenters. The van der Waals surface area contributed by atoms with E-state index in [2.05, 4.69) is 10.2 Å². The van der Waals surface area contributed by atoms with Crippen molar-refractivity contribution in [1.82, 2.24) is 15.1 Å². The summed E-state index contributed by atoms with van der Waals surface area (Å²) in [5, 5.41) is 6.77. The van der Waals surface area contributed by atoms with E-state index < -0.39 is 0 Å². The Morgan fingerprint density at radius 1 is 1.33 bits per heavy atom. The molecule has 0 radical (unpaired) electrons. The third-order valence-corrected chi connectivity index (χ3v) is 3.69. The number of benzene rings is 1. The molecule has 24 heavy (non-hydrogen) atoms. The van der Waals surface area contributed by atoms with E-state index in [1.165, 1.54) is 18.3 Å². The maximum absolute atomic E-state index is 13.5. The summed E-state index contributed by atoms with van der Waals surface area (Å²) in [5.74, 6) is 0.190. The average Bonchev–Trinajstić information content (AvgIpc) is 3.25. The Hall–Kier alpha value is -2.89. The van der Waals surface area contributed by atoms with Crippen molar-refractivity contribution in [2.24, 2.45) is 0 Å². The lowest BCUT2D eigenvalue weighted by Crippen LogP contribution is -2.31. The van der Waals surface area contributed by atoms with Crippen LogP contribution in [0.1, 0.15) is 29.5 Å². The number of amides is 1. The third kappa shape index (κ3) is 3.37. The second-order valence-electron chi connectivity index (χ2n) is 5.48. The van der Waals surface area contributed by atoms with Crippen LogP contribution in [0, 0.1) is 5.82 Å². The van der Waals surface area contributed by atoms with Gasteiger partial charge in [-0.05, 0) is 30.7 Å². The number of halogens is 1. The van der Waals surface area contributed by atoms with E-state index in [1.54, 1.807) is 29.4 Å². The van der Waals surface area contributed by atoms with Gasteiger partial charge in [-0.3, -0.25) is 9.89 Å². The Balaban J connectivity index is 1.89. The highest BCUT2D eigenvalue weighted by Crippen LogP contribution is 2.23. The predicted molar refractivity (Wildman–Crippen MR) is 87.7 cm³/mol. The molecule has 2 heterocycles. The number of hydrogen-bond acceptors (Lipinski definition) is 3. The Morgan fingerprint density at radius 2 is 2.21 bits per heavy atom. The van der Waals surface area contributed by atoms with E-state index >= 15 is 0 Å². The largest absolute Gasteiger partial charge is 0.467 e. The topological polar surface area (TPSA) is 62.1 Å². The van der Waals surface area contributed by atoms with Crippen molar-refractivity contribution in [2.45, 2.75) is 19.9 Å². The zero-order valence-electron chi connectivity index (χ0n) is 13.3. The molecule has 0 spiro atoms. The quantitative estimate of drug-likeness (QED) is 0.748. The fraction of sp³-hybridized carbons (Fsp3) is 0.222. The molecule has 1 amide bonds. The minimum absolute atomic E-state index is 0.165. The number of nitrogens with zero attached hydrogens (tertiary/aromatic N) is 2. The van der Waals surface area contributed by atoms with E-state index in [0.717, 1.165) is 6.42 Å². The molecule has 124 valence electrons. The summed E-state index contributed by atoms with van der Waals surface area (Å²) in [4.78, 5) is 14.6. The van der Waals surface area contributed by atoms with Gasteiger partial charge >= 0.3 is 0 Å². The molecule has 0 bridgehead atoms. The zero-order valence-corrected chi connectivity index (χ0v) is 13.3. The van der Waals surface area contributed by atoms with Crippen LogP contribution in [0.3, 0.4) is 0 Å². The molecule has 0 saturated carbocycles. The summed E-state index contributed by atoms with van der Waals surface area (Å²) in [6.07, 6.45) is 3.88. The van der Waals surface area contributed by atoms with E-state index in [9.17, 15) is 9.18 Å². The molecule has 5 nitrogen and oxygen atoms in total. The summed E-state index contributed by atoms with van der Waals surface area (Å²) in [5.41, 5.74) is 1.52. The molecule has 6 heteroatoms. The first-order valence-electron chi connectivity index (χ1n) is 7.80. The van der Waals surface area contributed by atoms with Gasteiger partial charge in [-0.15, -0.1) is 0 Å². The van der Waals surface area contributed by atoms with Crippen LogP contribution in [-0.2, 0) is 6.54 Å². The van der Waals surface area contributed by atoms with Crippen LogP contribution in [0.15, 0.2) is 53.3 Å². The molecule has 3 rings (SSSR count).